The highest BCUT2D eigenvalue weighted by Gasteiger charge is 1.83. The van der Waals surface area contributed by atoms with Gasteiger partial charge in [-0.2, -0.15) is 0 Å². The molecule has 0 saturated heterocycles. The van der Waals surface area contributed by atoms with E-state index in [9.17, 15) is 0 Å². The fraction of sp³-hybridized carbons (Fsp3) is 0.714. The second-order valence-corrected chi connectivity index (χ2v) is 2.56. The first-order chi connectivity index (χ1) is 4.41. The van der Waals surface area contributed by atoms with E-state index in [0.717, 1.165) is 19.3 Å². The van der Waals surface area contributed by atoms with E-state index < -0.39 is 0 Å². The van der Waals surface area contributed by atoms with Crippen molar-refractivity contribution >= 4 is 10.2 Å². The van der Waals surface area contributed by atoms with Gasteiger partial charge in [-0.25, -0.2) is 0 Å². The summed E-state index contributed by atoms with van der Waals surface area (Å²) in [5, 5.41) is 0. The normalized spacial score (nSPS) is 9.78. The van der Waals surface area contributed by atoms with Crippen LogP contribution in [0.25, 0.3) is 0 Å². The molecule has 0 N–H and O–H groups in total. The summed E-state index contributed by atoms with van der Waals surface area (Å²) in [6, 6.07) is 0. The number of unbranched alkanes of at least 4 members (excludes halogenated alkanes) is 2. The third-order valence-electron chi connectivity index (χ3n) is 1.15. The second kappa shape index (κ2) is 7.92. The number of ether oxygens (including phenoxy) is 1. The van der Waals surface area contributed by atoms with E-state index in [2.05, 4.69) is 6.58 Å². The molecule has 0 radical (unpaired) electrons. The topological polar surface area (TPSA) is 9.23 Å². The third-order valence-corrected chi connectivity index (χ3v) is 1.56. The van der Waals surface area contributed by atoms with Crippen LogP contribution < -0.4 is 0 Å². The van der Waals surface area contributed by atoms with Gasteiger partial charge in [-0.3, -0.25) is 0 Å². The first kappa shape index (κ1) is 8.92. The zero-order valence-corrected chi connectivity index (χ0v) is 8.23. The van der Waals surface area contributed by atoms with Crippen LogP contribution in [0.2, 0.25) is 0 Å². The summed E-state index contributed by atoms with van der Waals surface area (Å²) >= 11 is 0. The van der Waals surface area contributed by atoms with Crippen molar-refractivity contribution in [3.05, 3.63) is 12.7 Å². The van der Waals surface area contributed by atoms with Crippen molar-refractivity contribution in [2.24, 2.45) is 0 Å². The monoisotopic (exact) mass is 144 g/mol. The van der Waals surface area contributed by atoms with Gasteiger partial charge in [0, 0.05) is 23.1 Å². The minimum atomic E-state index is 0.942. The second-order valence-electron chi connectivity index (χ2n) is 1.98. The summed E-state index contributed by atoms with van der Waals surface area (Å²) in [4.78, 5) is 0. The van der Waals surface area contributed by atoms with Gasteiger partial charge in [-0.15, -0.1) is 6.58 Å². The Labute approximate surface area is 60.5 Å². The van der Waals surface area contributed by atoms with Crippen molar-refractivity contribution in [1.82, 2.24) is 0 Å². The van der Waals surface area contributed by atoms with Gasteiger partial charge in [0.05, 0.1) is 0 Å². The molecular formula is C7H16OSi. The fourth-order valence-corrected chi connectivity index (χ4v) is 0.926. The molecule has 0 aromatic carbocycles. The molecule has 0 fully saturated rings. The maximum Gasteiger partial charge on any atom is 0.0461 e. The third kappa shape index (κ3) is 7.92. The lowest BCUT2D eigenvalue weighted by molar-refractivity contribution is 0.174. The van der Waals surface area contributed by atoms with E-state index in [1.54, 1.807) is 0 Å². The van der Waals surface area contributed by atoms with Crippen molar-refractivity contribution in [2.75, 3.05) is 12.8 Å². The predicted octanol–water partition coefficient (Wildman–Crippen LogP) is 0.682. The summed E-state index contributed by atoms with van der Waals surface area (Å²) in [6.07, 6.45) is 6.48. The molecule has 0 saturated carbocycles. The fourth-order valence-electron chi connectivity index (χ4n) is 0.637. The van der Waals surface area contributed by atoms with Gasteiger partial charge in [0.15, 0.2) is 0 Å². The molecule has 0 spiro atoms. The number of hydrogen-bond acceptors (Lipinski definition) is 1. The Balaban J connectivity index is 2.66. The van der Waals surface area contributed by atoms with Gasteiger partial charge in [0.25, 0.3) is 0 Å². The smallest absolute Gasteiger partial charge is 0.0461 e. The molecule has 0 unspecified atom stereocenters. The van der Waals surface area contributed by atoms with Crippen LogP contribution in [0.4, 0.5) is 0 Å². The Morgan fingerprint density at radius 2 is 2.22 bits per heavy atom. The largest absolute Gasteiger partial charge is 0.386 e. The van der Waals surface area contributed by atoms with Gasteiger partial charge in [0.1, 0.15) is 0 Å². The van der Waals surface area contributed by atoms with E-state index in [1.165, 1.54) is 23.1 Å². The highest BCUT2D eigenvalue weighted by Crippen LogP contribution is 1.94. The molecule has 2 heteroatoms. The van der Waals surface area contributed by atoms with Gasteiger partial charge in [-0.05, 0) is 19.3 Å². The minimum Gasteiger partial charge on any atom is -0.386 e. The molecule has 0 aliphatic rings. The van der Waals surface area contributed by atoms with E-state index in [1.807, 2.05) is 6.08 Å². The Bertz CT molecular complexity index is 63.9. The van der Waals surface area contributed by atoms with Crippen LogP contribution in [0.15, 0.2) is 12.7 Å². The van der Waals surface area contributed by atoms with E-state index >= 15 is 0 Å². The van der Waals surface area contributed by atoms with Crippen molar-refractivity contribution in [3.8, 4) is 0 Å². The van der Waals surface area contributed by atoms with Gasteiger partial charge >= 0.3 is 0 Å². The van der Waals surface area contributed by atoms with Crippen molar-refractivity contribution in [1.29, 1.82) is 0 Å². The molecule has 0 aliphatic heterocycles. The standard InChI is InChI=1S/C7H16OSi/c1-2-3-4-5-6-8-7-9/h2H,1,3-7H2,9H3. The minimum absolute atomic E-state index is 0.942. The molecule has 0 heterocycles. The molecule has 9 heavy (non-hydrogen) atoms. The molecule has 1 nitrogen and oxygen atoms in total. The maximum atomic E-state index is 5.21. The average molecular weight is 144 g/mol. The van der Waals surface area contributed by atoms with Gasteiger partial charge in [-0.1, -0.05) is 6.08 Å². The molecule has 0 amide bonds. The molecule has 0 atom stereocenters. The van der Waals surface area contributed by atoms with Gasteiger partial charge in [0.2, 0.25) is 0 Å². The van der Waals surface area contributed by atoms with Crippen molar-refractivity contribution in [2.45, 2.75) is 19.3 Å². The molecule has 0 aromatic rings. The van der Waals surface area contributed by atoms with Crippen LogP contribution in [0.3, 0.4) is 0 Å². The van der Waals surface area contributed by atoms with Crippen LogP contribution in [-0.4, -0.2) is 23.1 Å². The zero-order valence-electron chi connectivity index (χ0n) is 6.23. The number of allylic oxidation sites excluding steroid dienone is 1. The molecule has 0 rings (SSSR count). The molecule has 0 bridgehead atoms. The van der Waals surface area contributed by atoms with E-state index in [4.69, 9.17) is 4.74 Å². The predicted molar refractivity (Wildman–Crippen MR) is 44.8 cm³/mol. The maximum absolute atomic E-state index is 5.21. The molecule has 54 valence electrons. The molecule has 0 aliphatic carbocycles. The first-order valence-corrected chi connectivity index (χ1v) is 5.02. The van der Waals surface area contributed by atoms with E-state index in [-0.39, 0.29) is 0 Å². The van der Waals surface area contributed by atoms with Crippen molar-refractivity contribution < 1.29 is 4.74 Å². The first-order valence-electron chi connectivity index (χ1n) is 3.60. The highest BCUT2D eigenvalue weighted by atomic mass is 28.1. The lowest BCUT2D eigenvalue weighted by atomic mass is 10.2. The lowest BCUT2D eigenvalue weighted by Crippen LogP contribution is -1.95. The summed E-state index contributed by atoms with van der Waals surface area (Å²) in [5.41, 5.74) is 0. The number of hydrogen-bond donors (Lipinski definition) is 0. The Morgan fingerprint density at radius 1 is 1.44 bits per heavy atom. The van der Waals surface area contributed by atoms with Gasteiger partial charge < -0.3 is 4.74 Å². The summed E-state index contributed by atoms with van der Waals surface area (Å²) in [7, 11) is 1.17. The van der Waals surface area contributed by atoms with Crippen LogP contribution in [0.5, 0.6) is 0 Å². The Kier molecular flexibility index (Phi) is 7.84. The lowest BCUT2D eigenvalue weighted by Gasteiger charge is -1.97. The zero-order chi connectivity index (χ0) is 6.95. The van der Waals surface area contributed by atoms with E-state index in [0.29, 0.717) is 0 Å². The SMILES string of the molecule is C=CCCCCOC[SiH3]. The summed E-state index contributed by atoms with van der Waals surface area (Å²) in [6.45, 7) is 4.59. The van der Waals surface area contributed by atoms with Crippen LogP contribution in [-0.2, 0) is 4.74 Å². The van der Waals surface area contributed by atoms with Crippen LogP contribution in [0.1, 0.15) is 19.3 Å². The van der Waals surface area contributed by atoms with Crippen LogP contribution in [0, 0.1) is 0 Å². The highest BCUT2D eigenvalue weighted by molar-refractivity contribution is 6.08. The average Bonchev–Trinajstić information content (AvgIpc) is 1.89. The van der Waals surface area contributed by atoms with Crippen LogP contribution >= 0.6 is 0 Å². The molecule has 0 aromatic heterocycles. The summed E-state index contributed by atoms with van der Waals surface area (Å²) in [5.74, 6) is 0. The number of rotatable bonds is 6. The molecular weight excluding hydrogens is 128 g/mol. The summed E-state index contributed by atoms with van der Waals surface area (Å²) < 4.78 is 5.21. The van der Waals surface area contributed by atoms with Crippen molar-refractivity contribution in [3.63, 3.8) is 0 Å². The Hall–Kier alpha value is -0.0831. The Morgan fingerprint density at radius 3 is 2.78 bits per heavy atom. The quantitative estimate of drug-likeness (QED) is 0.303.